The van der Waals surface area contributed by atoms with E-state index in [1.54, 1.807) is 17.9 Å². The van der Waals surface area contributed by atoms with Gasteiger partial charge in [-0.1, -0.05) is 0 Å². The van der Waals surface area contributed by atoms with Gasteiger partial charge in [-0.15, -0.1) is 0 Å². The van der Waals surface area contributed by atoms with Crippen molar-refractivity contribution < 1.29 is 14.0 Å². The summed E-state index contributed by atoms with van der Waals surface area (Å²) in [6.45, 7) is 3.38. The Hall–Kier alpha value is -2.37. The van der Waals surface area contributed by atoms with Gasteiger partial charge in [0.05, 0.1) is 0 Å². The lowest BCUT2D eigenvalue weighted by atomic mass is 9.96. The number of halogens is 1. The van der Waals surface area contributed by atoms with E-state index in [2.05, 4.69) is 10.3 Å². The van der Waals surface area contributed by atoms with Gasteiger partial charge in [0, 0.05) is 49.6 Å². The maximum absolute atomic E-state index is 13.4. The molecule has 2 aromatic rings. The second kappa shape index (κ2) is 7.03. The number of H-pyrrole nitrogens is 1. The molecule has 1 fully saturated rings. The summed E-state index contributed by atoms with van der Waals surface area (Å²) in [6, 6.07) is 4.66. The van der Waals surface area contributed by atoms with Crippen LogP contribution in [0.4, 0.5) is 4.39 Å². The van der Waals surface area contributed by atoms with Gasteiger partial charge in [0.25, 0.3) is 0 Å². The van der Waals surface area contributed by atoms with Crippen LogP contribution in [0, 0.1) is 11.7 Å². The molecule has 6 heteroatoms. The van der Waals surface area contributed by atoms with Crippen molar-refractivity contribution in [3.05, 3.63) is 35.8 Å². The lowest BCUT2D eigenvalue weighted by molar-refractivity contribution is -0.133. The first kappa shape index (κ1) is 16.5. The van der Waals surface area contributed by atoms with E-state index in [0.717, 1.165) is 16.5 Å². The molecule has 0 saturated carbocycles. The van der Waals surface area contributed by atoms with Gasteiger partial charge >= 0.3 is 0 Å². The topological polar surface area (TPSA) is 65.2 Å². The fourth-order valence-electron chi connectivity index (χ4n) is 3.28. The number of likely N-dealkylation sites (tertiary alicyclic amines) is 1. The first-order valence-electron chi connectivity index (χ1n) is 8.33. The molecule has 1 saturated heterocycles. The Morgan fingerprint density at radius 2 is 2.08 bits per heavy atom. The molecule has 1 aliphatic heterocycles. The smallest absolute Gasteiger partial charge is 0.223 e. The highest BCUT2D eigenvalue weighted by Crippen LogP contribution is 2.20. The number of hydrogen-bond acceptors (Lipinski definition) is 2. The zero-order chi connectivity index (χ0) is 17.1. The first-order valence-corrected chi connectivity index (χ1v) is 8.33. The third-order valence-electron chi connectivity index (χ3n) is 4.73. The lowest BCUT2D eigenvalue weighted by Gasteiger charge is -2.30. The van der Waals surface area contributed by atoms with E-state index in [4.69, 9.17) is 0 Å². The molecule has 0 bridgehead atoms. The summed E-state index contributed by atoms with van der Waals surface area (Å²) in [6.07, 6.45) is 3.94. The summed E-state index contributed by atoms with van der Waals surface area (Å²) in [5.74, 6) is -0.171. The minimum absolute atomic E-state index is 0.0268. The minimum atomic E-state index is -0.260. The van der Waals surface area contributed by atoms with Crippen LogP contribution in [0.15, 0.2) is 24.4 Å². The highest BCUT2D eigenvalue weighted by atomic mass is 19.1. The molecule has 3 rings (SSSR count). The summed E-state index contributed by atoms with van der Waals surface area (Å²) >= 11 is 0. The van der Waals surface area contributed by atoms with Crippen molar-refractivity contribution in [1.29, 1.82) is 0 Å². The average Bonchev–Trinajstić information content (AvgIpc) is 2.97. The van der Waals surface area contributed by atoms with Gasteiger partial charge in [-0.05, 0) is 43.0 Å². The number of rotatable bonds is 4. The molecular weight excluding hydrogens is 309 g/mol. The Labute approximate surface area is 140 Å². The van der Waals surface area contributed by atoms with Crippen LogP contribution >= 0.6 is 0 Å². The number of hydrogen-bond donors (Lipinski definition) is 2. The lowest BCUT2D eigenvalue weighted by Crippen LogP contribution is -2.42. The SMILES string of the molecule is CC(=O)N1CCC(C(=O)NCCc2c[nH]c3ccc(F)cc23)CC1. The molecule has 1 aromatic heterocycles. The normalized spacial score (nSPS) is 15.7. The van der Waals surface area contributed by atoms with Gasteiger partial charge in [0.1, 0.15) is 5.82 Å². The summed E-state index contributed by atoms with van der Waals surface area (Å²) < 4.78 is 13.4. The summed E-state index contributed by atoms with van der Waals surface area (Å²) in [5.41, 5.74) is 1.89. The van der Waals surface area contributed by atoms with Crippen LogP contribution in [0.25, 0.3) is 10.9 Å². The maximum Gasteiger partial charge on any atom is 0.223 e. The van der Waals surface area contributed by atoms with Gasteiger partial charge in [-0.3, -0.25) is 9.59 Å². The molecule has 2 amide bonds. The number of fused-ring (bicyclic) bond motifs is 1. The van der Waals surface area contributed by atoms with Crippen LogP contribution in [-0.4, -0.2) is 41.3 Å². The second-order valence-corrected chi connectivity index (χ2v) is 6.33. The number of aromatic amines is 1. The Bertz CT molecular complexity index is 748. The Kier molecular flexibility index (Phi) is 4.83. The van der Waals surface area contributed by atoms with Gasteiger partial charge in [0.15, 0.2) is 0 Å². The number of carbonyl (C=O) groups excluding carboxylic acids is 2. The van der Waals surface area contributed by atoms with Crippen LogP contribution in [0.3, 0.4) is 0 Å². The number of carbonyl (C=O) groups is 2. The van der Waals surface area contributed by atoms with Gasteiger partial charge in [0.2, 0.25) is 11.8 Å². The van der Waals surface area contributed by atoms with Crippen molar-refractivity contribution in [2.45, 2.75) is 26.2 Å². The van der Waals surface area contributed by atoms with E-state index >= 15 is 0 Å². The van der Waals surface area contributed by atoms with Crippen molar-refractivity contribution >= 4 is 22.7 Å². The van der Waals surface area contributed by atoms with Crippen LogP contribution < -0.4 is 5.32 Å². The fourth-order valence-corrected chi connectivity index (χ4v) is 3.28. The zero-order valence-corrected chi connectivity index (χ0v) is 13.8. The molecule has 2 N–H and O–H groups in total. The van der Waals surface area contributed by atoms with Crippen molar-refractivity contribution in [3.63, 3.8) is 0 Å². The van der Waals surface area contributed by atoms with Crippen molar-refractivity contribution in [2.24, 2.45) is 5.92 Å². The third kappa shape index (κ3) is 3.58. The third-order valence-corrected chi connectivity index (χ3v) is 4.73. The van der Waals surface area contributed by atoms with Gasteiger partial charge in [-0.25, -0.2) is 4.39 Å². The first-order chi connectivity index (χ1) is 11.5. The molecule has 1 aromatic carbocycles. The predicted octanol–water partition coefficient (Wildman–Crippen LogP) is 2.22. The van der Waals surface area contributed by atoms with Crippen LogP contribution in [0.5, 0.6) is 0 Å². The standard InChI is InChI=1S/C18H22FN3O2/c1-12(23)22-8-5-13(6-9-22)18(24)20-7-4-14-11-21-17-3-2-15(19)10-16(14)17/h2-3,10-11,13,21H,4-9H2,1H3,(H,20,24). The van der Waals surface area contributed by atoms with E-state index in [0.29, 0.717) is 38.9 Å². The molecule has 0 unspecified atom stereocenters. The van der Waals surface area contributed by atoms with Crippen LogP contribution in [-0.2, 0) is 16.0 Å². The fraction of sp³-hybridized carbons (Fsp3) is 0.444. The Morgan fingerprint density at radius 1 is 1.33 bits per heavy atom. The highest BCUT2D eigenvalue weighted by molar-refractivity contribution is 5.83. The number of nitrogens with zero attached hydrogens (tertiary/aromatic N) is 1. The molecule has 0 atom stereocenters. The van der Waals surface area contributed by atoms with Crippen molar-refractivity contribution in [1.82, 2.24) is 15.2 Å². The number of nitrogens with one attached hydrogen (secondary N) is 2. The van der Waals surface area contributed by atoms with Gasteiger partial charge in [-0.2, -0.15) is 0 Å². The number of piperidine rings is 1. The molecule has 128 valence electrons. The Morgan fingerprint density at radius 3 is 2.79 bits per heavy atom. The summed E-state index contributed by atoms with van der Waals surface area (Å²) in [5, 5.41) is 3.82. The monoisotopic (exact) mass is 331 g/mol. The van der Waals surface area contributed by atoms with Crippen molar-refractivity contribution in [3.8, 4) is 0 Å². The summed E-state index contributed by atoms with van der Waals surface area (Å²) in [4.78, 5) is 28.4. The Balaban J connectivity index is 1.50. The summed E-state index contributed by atoms with van der Waals surface area (Å²) in [7, 11) is 0. The maximum atomic E-state index is 13.4. The number of aromatic nitrogens is 1. The van der Waals surface area contributed by atoms with E-state index in [-0.39, 0.29) is 23.5 Å². The molecular formula is C18H22FN3O2. The average molecular weight is 331 g/mol. The molecule has 0 radical (unpaired) electrons. The predicted molar refractivity (Wildman–Crippen MR) is 89.9 cm³/mol. The van der Waals surface area contributed by atoms with Crippen molar-refractivity contribution in [2.75, 3.05) is 19.6 Å². The molecule has 0 spiro atoms. The van der Waals surface area contributed by atoms with E-state index in [1.165, 1.54) is 12.1 Å². The number of benzene rings is 1. The van der Waals surface area contributed by atoms with Gasteiger partial charge < -0.3 is 15.2 Å². The quantitative estimate of drug-likeness (QED) is 0.902. The minimum Gasteiger partial charge on any atom is -0.361 e. The molecule has 1 aliphatic rings. The zero-order valence-electron chi connectivity index (χ0n) is 13.8. The molecule has 5 nitrogen and oxygen atoms in total. The molecule has 0 aliphatic carbocycles. The van der Waals surface area contributed by atoms with Crippen LogP contribution in [0.1, 0.15) is 25.3 Å². The molecule has 2 heterocycles. The molecule has 24 heavy (non-hydrogen) atoms. The van der Waals surface area contributed by atoms with Crippen LogP contribution in [0.2, 0.25) is 0 Å². The van der Waals surface area contributed by atoms with E-state index in [1.807, 2.05) is 6.20 Å². The van der Waals surface area contributed by atoms with E-state index in [9.17, 15) is 14.0 Å². The highest BCUT2D eigenvalue weighted by Gasteiger charge is 2.25. The largest absolute Gasteiger partial charge is 0.361 e. The second-order valence-electron chi connectivity index (χ2n) is 6.33. The van der Waals surface area contributed by atoms with E-state index < -0.39 is 0 Å². The number of amides is 2.